The van der Waals surface area contributed by atoms with Crippen molar-refractivity contribution < 1.29 is 4.74 Å². The van der Waals surface area contributed by atoms with Crippen LogP contribution in [0.3, 0.4) is 0 Å². The van der Waals surface area contributed by atoms with Gasteiger partial charge in [-0.2, -0.15) is 0 Å². The number of aromatic nitrogens is 6. The minimum Gasteiger partial charge on any atom is -0.368 e. The molecule has 0 radical (unpaired) electrons. The number of rotatable bonds is 2. The normalized spacial score (nSPS) is 25.4. The monoisotopic (exact) mass is 374 g/mol. The van der Waals surface area contributed by atoms with E-state index in [-0.39, 0.29) is 5.95 Å². The van der Waals surface area contributed by atoms with E-state index in [4.69, 9.17) is 31.8 Å². The summed E-state index contributed by atoms with van der Waals surface area (Å²) in [5, 5.41) is 0. The zero-order chi connectivity index (χ0) is 18.8. The maximum absolute atomic E-state index is 5.69. The van der Waals surface area contributed by atoms with Gasteiger partial charge in [-0.15, -0.1) is 6.42 Å². The van der Waals surface area contributed by atoms with Crippen molar-refractivity contribution in [1.29, 1.82) is 0 Å². The zero-order valence-electron chi connectivity index (χ0n) is 15.1. The Morgan fingerprint density at radius 1 is 1.18 bits per heavy atom. The molecule has 2 N–H and O–H groups in total. The van der Waals surface area contributed by atoms with E-state index < -0.39 is 6.10 Å². The number of nitrogen functional groups attached to an aromatic ring is 1. The molecule has 1 saturated carbocycles. The van der Waals surface area contributed by atoms with Gasteiger partial charge in [0.25, 0.3) is 0 Å². The Labute approximate surface area is 161 Å². The summed E-state index contributed by atoms with van der Waals surface area (Å²) in [5.74, 6) is 5.80. The van der Waals surface area contributed by atoms with Crippen LogP contribution in [0.4, 0.5) is 11.8 Å². The Morgan fingerprint density at radius 3 is 2.71 bits per heavy atom. The second-order valence-electron chi connectivity index (χ2n) is 7.56. The van der Waals surface area contributed by atoms with E-state index in [2.05, 4.69) is 25.4 Å². The second kappa shape index (κ2) is 5.62. The Hall–Kier alpha value is -3.25. The van der Waals surface area contributed by atoms with E-state index in [1.54, 1.807) is 12.4 Å². The van der Waals surface area contributed by atoms with E-state index in [0.717, 1.165) is 40.8 Å². The fourth-order valence-electron chi connectivity index (χ4n) is 4.46. The number of anilines is 2. The van der Waals surface area contributed by atoms with Crippen LogP contribution < -0.4 is 10.6 Å². The second-order valence-corrected chi connectivity index (χ2v) is 7.56. The van der Waals surface area contributed by atoms with Crippen molar-refractivity contribution in [2.75, 3.05) is 23.8 Å². The first-order chi connectivity index (χ1) is 13.7. The van der Waals surface area contributed by atoms with Crippen molar-refractivity contribution >= 4 is 22.9 Å². The van der Waals surface area contributed by atoms with Gasteiger partial charge < -0.3 is 19.9 Å². The molecule has 0 amide bonds. The molecule has 1 atom stereocenters. The molecule has 28 heavy (non-hydrogen) atoms. The summed E-state index contributed by atoms with van der Waals surface area (Å²) >= 11 is 0. The van der Waals surface area contributed by atoms with Crippen LogP contribution in [0, 0.1) is 18.3 Å². The quantitative estimate of drug-likeness (QED) is 0.666. The Balaban J connectivity index is 1.59. The summed E-state index contributed by atoms with van der Waals surface area (Å²) in [7, 11) is 0. The van der Waals surface area contributed by atoms with Crippen LogP contribution in [-0.2, 0) is 11.3 Å². The first kappa shape index (κ1) is 15.8. The molecule has 3 aliphatic heterocycles. The Kier molecular flexibility index (Phi) is 3.17. The molecule has 2 saturated heterocycles. The third-order valence-electron chi connectivity index (χ3n) is 5.90. The van der Waals surface area contributed by atoms with Crippen molar-refractivity contribution in [1.82, 2.24) is 29.5 Å². The highest BCUT2D eigenvalue weighted by Gasteiger charge is 2.44. The lowest BCUT2D eigenvalue weighted by Crippen LogP contribution is -2.29. The fraction of sp³-hybridized carbons (Fsp3) is 0.421. The van der Waals surface area contributed by atoms with Crippen LogP contribution in [0.2, 0.25) is 0 Å². The van der Waals surface area contributed by atoms with Gasteiger partial charge in [-0.25, -0.2) is 24.9 Å². The molecule has 0 spiro atoms. The van der Waals surface area contributed by atoms with Gasteiger partial charge in [0, 0.05) is 31.5 Å². The van der Waals surface area contributed by atoms with Gasteiger partial charge in [-0.05, 0) is 18.8 Å². The zero-order valence-corrected chi connectivity index (χ0v) is 15.1. The Morgan fingerprint density at radius 2 is 2.00 bits per heavy atom. The van der Waals surface area contributed by atoms with E-state index in [1.165, 1.54) is 12.8 Å². The van der Waals surface area contributed by atoms with Crippen LogP contribution in [0.5, 0.6) is 0 Å². The smallest absolute Gasteiger partial charge is 0.219 e. The lowest BCUT2D eigenvalue weighted by molar-refractivity contribution is 0.0551. The van der Waals surface area contributed by atoms with Gasteiger partial charge >= 0.3 is 0 Å². The van der Waals surface area contributed by atoms with Gasteiger partial charge in [0.1, 0.15) is 0 Å². The predicted octanol–water partition coefficient (Wildman–Crippen LogP) is 1.17. The maximum atomic E-state index is 5.69. The molecule has 2 bridgehead atoms. The summed E-state index contributed by atoms with van der Waals surface area (Å²) in [6.45, 7) is 2.19. The summed E-state index contributed by atoms with van der Waals surface area (Å²) < 4.78 is 7.74. The number of nitrogens with zero attached hydrogens (tertiary/aromatic N) is 7. The molecule has 1 aliphatic carbocycles. The number of terminal acetylenes is 1. The molecule has 7 rings (SSSR count). The highest BCUT2D eigenvalue weighted by atomic mass is 16.5. The lowest BCUT2D eigenvalue weighted by Gasteiger charge is -2.26. The van der Waals surface area contributed by atoms with Crippen LogP contribution >= 0.6 is 0 Å². The summed E-state index contributed by atoms with van der Waals surface area (Å²) in [4.78, 5) is 25.1. The molecule has 3 aromatic heterocycles. The number of nitrogens with two attached hydrogens (primary N) is 1. The van der Waals surface area contributed by atoms with Gasteiger partial charge in [-0.3, -0.25) is 0 Å². The molecule has 3 aromatic rings. The van der Waals surface area contributed by atoms with Crippen LogP contribution in [0.25, 0.3) is 22.6 Å². The molecular formula is C19H18N8O. The van der Waals surface area contributed by atoms with E-state index >= 15 is 0 Å². The average molecular weight is 374 g/mol. The molecule has 3 fully saturated rings. The van der Waals surface area contributed by atoms with Gasteiger partial charge in [-0.1, -0.05) is 5.92 Å². The molecule has 9 nitrogen and oxygen atoms in total. The molecule has 140 valence electrons. The predicted molar refractivity (Wildman–Crippen MR) is 102 cm³/mol. The number of ether oxygens (including phenoxy) is 1. The molecule has 4 aliphatic rings. The van der Waals surface area contributed by atoms with E-state index in [1.807, 2.05) is 0 Å². The molecule has 0 aromatic carbocycles. The molecule has 9 heteroatoms. The van der Waals surface area contributed by atoms with Crippen LogP contribution in [0.15, 0.2) is 12.4 Å². The van der Waals surface area contributed by atoms with Crippen molar-refractivity contribution in [2.45, 2.75) is 31.5 Å². The van der Waals surface area contributed by atoms with Gasteiger partial charge in [0.2, 0.25) is 5.95 Å². The van der Waals surface area contributed by atoms with E-state index in [0.29, 0.717) is 25.0 Å². The molecule has 6 heterocycles. The van der Waals surface area contributed by atoms with Gasteiger partial charge in [0.05, 0.1) is 12.2 Å². The third kappa shape index (κ3) is 2.15. The van der Waals surface area contributed by atoms with E-state index in [9.17, 15) is 0 Å². The lowest BCUT2D eigenvalue weighted by atomic mass is 9.86. The molecular weight excluding hydrogens is 356 g/mol. The first-order valence-electron chi connectivity index (χ1n) is 9.41. The number of hydrogen-bond donors (Lipinski definition) is 1. The Bertz CT molecular complexity index is 1130. The largest absolute Gasteiger partial charge is 0.368 e. The average Bonchev–Trinajstić information content (AvgIpc) is 3.39. The highest BCUT2D eigenvalue weighted by molar-refractivity contribution is 5.87. The standard InChI is InChI=1S/C19H18N8O/c1-2-13-16-23-14-17(26(16)3-4-28-13)24-15(11-7-21-19(20)22-8-11)25-18(14)27-9-10-5-12(27)6-10/h1,7-8,10,12-13H,3-6,9H2,(H2,20,21,22)/t10?,12?,13-/m0/s1. The minimum atomic E-state index is -0.466. The van der Waals surface area contributed by atoms with Crippen molar-refractivity contribution in [2.24, 2.45) is 5.92 Å². The third-order valence-corrected chi connectivity index (χ3v) is 5.90. The maximum Gasteiger partial charge on any atom is 0.219 e. The SMILES string of the molecule is C#C[C@@H]1OCCn2c1nc1c(N3CC4CC3C4)nc(-c3cnc(N)nc3)nc12. The van der Waals surface area contributed by atoms with Gasteiger partial charge in [0.15, 0.2) is 34.7 Å². The van der Waals surface area contributed by atoms with Crippen LogP contribution in [0.1, 0.15) is 24.8 Å². The number of fused-ring (bicyclic) bond motifs is 4. The fourth-order valence-corrected chi connectivity index (χ4v) is 4.46. The highest BCUT2D eigenvalue weighted by Crippen LogP contribution is 2.44. The van der Waals surface area contributed by atoms with Crippen LogP contribution in [-0.4, -0.2) is 48.7 Å². The van der Waals surface area contributed by atoms with Crippen molar-refractivity contribution in [3.63, 3.8) is 0 Å². The topological polar surface area (TPSA) is 108 Å². The first-order valence-corrected chi connectivity index (χ1v) is 9.41. The summed E-state index contributed by atoms with van der Waals surface area (Å²) in [6, 6.07) is 0.525. The van der Waals surface area contributed by atoms with Crippen molar-refractivity contribution in [3.05, 3.63) is 18.2 Å². The minimum absolute atomic E-state index is 0.223. The number of imidazole rings is 1. The summed E-state index contributed by atoms with van der Waals surface area (Å²) in [5.41, 5.74) is 7.92. The molecule has 0 unspecified atom stereocenters. The summed E-state index contributed by atoms with van der Waals surface area (Å²) in [6.07, 6.45) is 10.9. The number of hydrogen-bond acceptors (Lipinski definition) is 8. The van der Waals surface area contributed by atoms with Crippen molar-refractivity contribution in [3.8, 4) is 23.7 Å².